The zero-order valence-electron chi connectivity index (χ0n) is 10.7. The first-order valence-electron chi connectivity index (χ1n) is 6.09. The average Bonchev–Trinajstić information content (AvgIpc) is 2.91. The van der Waals surface area contributed by atoms with E-state index in [9.17, 15) is 4.79 Å². The van der Waals surface area contributed by atoms with Crippen LogP contribution in [0.4, 0.5) is 5.69 Å². The number of aromatic nitrogens is 3. The third-order valence-corrected chi connectivity index (χ3v) is 2.63. The molecule has 19 heavy (non-hydrogen) atoms. The topological polar surface area (TPSA) is 80.0 Å². The molecule has 0 spiro atoms. The van der Waals surface area contributed by atoms with Gasteiger partial charge in [-0.1, -0.05) is 12.1 Å². The molecule has 1 atom stereocenters. The van der Waals surface area contributed by atoms with Crippen LogP contribution in [-0.2, 0) is 4.79 Å². The molecule has 0 radical (unpaired) electrons. The van der Waals surface area contributed by atoms with Gasteiger partial charge in [0.25, 0.3) is 0 Å². The lowest BCUT2D eigenvalue weighted by molar-refractivity contribution is -0.116. The number of hydrogen-bond donors (Lipinski definition) is 2. The minimum Gasteiger partial charge on any atom is -0.393 e. The van der Waals surface area contributed by atoms with Crippen LogP contribution in [0.3, 0.4) is 0 Å². The Labute approximate surface area is 111 Å². The minimum atomic E-state index is -0.476. The van der Waals surface area contributed by atoms with E-state index in [1.807, 2.05) is 18.2 Å². The Hall–Kier alpha value is -2.21. The first-order valence-corrected chi connectivity index (χ1v) is 6.09. The molecule has 1 unspecified atom stereocenters. The highest BCUT2D eigenvalue weighted by Gasteiger charge is 2.09. The molecule has 1 amide bonds. The van der Waals surface area contributed by atoms with Gasteiger partial charge in [-0.25, -0.2) is 9.67 Å². The molecule has 0 fully saturated rings. The first kappa shape index (κ1) is 13.2. The number of carbonyl (C=O) groups is 1. The van der Waals surface area contributed by atoms with Crippen molar-refractivity contribution >= 4 is 11.6 Å². The smallest absolute Gasteiger partial charge is 0.224 e. The van der Waals surface area contributed by atoms with Gasteiger partial charge >= 0.3 is 0 Å². The standard InChI is InChI=1S/C13H16N4O2/c1-10(18)6-7-13(19)16-11-4-2-3-5-12(11)17-9-14-8-15-17/h2-5,8-10,18H,6-7H2,1H3,(H,16,19). The number of para-hydroxylation sites is 2. The summed E-state index contributed by atoms with van der Waals surface area (Å²) < 4.78 is 1.59. The molecule has 1 heterocycles. The van der Waals surface area contributed by atoms with E-state index in [-0.39, 0.29) is 12.3 Å². The molecule has 0 aliphatic rings. The largest absolute Gasteiger partial charge is 0.393 e. The predicted octanol–water partition coefficient (Wildman–Crippen LogP) is 1.37. The monoisotopic (exact) mass is 260 g/mol. The quantitative estimate of drug-likeness (QED) is 0.850. The number of aliphatic hydroxyl groups excluding tert-OH is 1. The van der Waals surface area contributed by atoms with Crippen molar-refractivity contribution in [2.24, 2.45) is 0 Å². The van der Waals surface area contributed by atoms with E-state index in [1.165, 1.54) is 6.33 Å². The highest BCUT2D eigenvalue weighted by Crippen LogP contribution is 2.18. The van der Waals surface area contributed by atoms with Gasteiger partial charge in [-0.2, -0.15) is 5.10 Å². The van der Waals surface area contributed by atoms with Crippen LogP contribution in [0.5, 0.6) is 0 Å². The summed E-state index contributed by atoms with van der Waals surface area (Å²) in [6, 6.07) is 7.35. The number of carbonyl (C=O) groups excluding carboxylic acids is 1. The number of hydrogen-bond acceptors (Lipinski definition) is 4. The fourth-order valence-corrected chi connectivity index (χ4v) is 1.66. The Morgan fingerprint density at radius 2 is 2.26 bits per heavy atom. The molecule has 2 N–H and O–H groups in total. The van der Waals surface area contributed by atoms with E-state index in [0.29, 0.717) is 12.1 Å². The minimum absolute atomic E-state index is 0.131. The number of anilines is 1. The zero-order chi connectivity index (χ0) is 13.7. The van der Waals surface area contributed by atoms with Crippen molar-refractivity contribution in [2.75, 3.05) is 5.32 Å². The number of nitrogens with zero attached hydrogens (tertiary/aromatic N) is 3. The van der Waals surface area contributed by atoms with E-state index in [2.05, 4.69) is 15.4 Å². The van der Waals surface area contributed by atoms with Crippen LogP contribution in [0, 0.1) is 0 Å². The molecule has 0 bridgehead atoms. The van der Waals surface area contributed by atoms with Crippen molar-refractivity contribution in [3.05, 3.63) is 36.9 Å². The lowest BCUT2D eigenvalue weighted by atomic mass is 10.2. The van der Waals surface area contributed by atoms with Crippen molar-refractivity contribution in [2.45, 2.75) is 25.9 Å². The van der Waals surface area contributed by atoms with Gasteiger partial charge in [-0.05, 0) is 25.5 Å². The van der Waals surface area contributed by atoms with Crippen molar-refractivity contribution < 1.29 is 9.90 Å². The Balaban J connectivity index is 2.10. The van der Waals surface area contributed by atoms with Crippen LogP contribution in [0.2, 0.25) is 0 Å². The maximum atomic E-state index is 11.8. The second kappa shape index (κ2) is 6.10. The van der Waals surface area contributed by atoms with E-state index >= 15 is 0 Å². The van der Waals surface area contributed by atoms with Crippen molar-refractivity contribution in [3.8, 4) is 5.69 Å². The Morgan fingerprint density at radius 3 is 2.95 bits per heavy atom. The van der Waals surface area contributed by atoms with E-state index in [4.69, 9.17) is 5.11 Å². The summed E-state index contributed by atoms with van der Waals surface area (Å²) >= 11 is 0. The summed E-state index contributed by atoms with van der Waals surface area (Å²) in [6.45, 7) is 1.66. The van der Waals surface area contributed by atoms with Gasteiger partial charge in [0.1, 0.15) is 12.7 Å². The summed E-state index contributed by atoms with van der Waals surface area (Å²) in [5.41, 5.74) is 1.42. The van der Waals surface area contributed by atoms with Crippen LogP contribution in [-0.4, -0.2) is 31.9 Å². The third kappa shape index (κ3) is 3.62. The van der Waals surface area contributed by atoms with Crippen molar-refractivity contribution in [1.29, 1.82) is 0 Å². The van der Waals surface area contributed by atoms with Gasteiger partial charge in [-0.3, -0.25) is 4.79 Å². The molecule has 2 aromatic rings. The van der Waals surface area contributed by atoms with Gasteiger partial charge in [0.15, 0.2) is 0 Å². The van der Waals surface area contributed by atoms with Crippen molar-refractivity contribution in [3.63, 3.8) is 0 Å². The highest BCUT2D eigenvalue weighted by atomic mass is 16.3. The second-order valence-electron chi connectivity index (χ2n) is 4.29. The van der Waals surface area contributed by atoms with Gasteiger partial charge in [0.05, 0.1) is 17.5 Å². The second-order valence-corrected chi connectivity index (χ2v) is 4.29. The number of rotatable bonds is 5. The summed E-state index contributed by atoms with van der Waals surface area (Å²) in [6.07, 6.45) is 3.25. The summed E-state index contributed by atoms with van der Waals surface area (Å²) in [7, 11) is 0. The molecule has 6 heteroatoms. The molecular formula is C13H16N4O2. The lowest BCUT2D eigenvalue weighted by Gasteiger charge is -2.11. The van der Waals surface area contributed by atoms with Gasteiger partial charge in [-0.15, -0.1) is 0 Å². The van der Waals surface area contributed by atoms with E-state index < -0.39 is 6.10 Å². The molecule has 1 aromatic carbocycles. The van der Waals surface area contributed by atoms with Gasteiger partial charge < -0.3 is 10.4 Å². The Kier molecular flexibility index (Phi) is 4.25. The van der Waals surface area contributed by atoms with Crippen molar-refractivity contribution in [1.82, 2.24) is 14.8 Å². The van der Waals surface area contributed by atoms with E-state index in [1.54, 1.807) is 24.0 Å². The van der Waals surface area contributed by atoms with Crippen LogP contribution >= 0.6 is 0 Å². The maximum Gasteiger partial charge on any atom is 0.224 e. The number of aliphatic hydroxyl groups is 1. The van der Waals surface area contributed by atoms with E-state index in [0.717, 1.165) is 5.69 Å². The average molecular weight is 260 g/mol. The molecule has 0 aliphatic carbocycles. The number of amides is 1. The maximum absolute atomic E-state index is 11.8. The van der Waals surface area contributed by atoms with Crippen LogP contribution in [0.25, 0.3) is 5.69 Å². The third-order valence-electron chi connectivity index (χ3n) is 2.63. The summed E-state index contributed by atoms with van der Waals surface area (Å²) in [5, 5.41) is 16.0. The SMILES string of the molecule is CC(O)CCC(=O)Nc1ccccc1-n1cncn1. The van der Waals surface area contributed by atoms with Crippen LogP contribution in [0.15, 0.2) is 36.9 Å². The molecule has 0 saturated carbocycles. The molecular weight excluding hydrogens is 244 g/mol. The number of nitrogens with one attached hydrogen (secondary N) is 1. The van der Waals surface area contributed by atoms with Gasteiger partial charge in [0, 0.05) is 6.42 Å². The summed E-state index contributed by atoms with van der Waals surface area (Å²) in [4.78, 5) is 15.7. The molecule has 1 aromatic heterocycles. The summed E-state index contributed by atoms with van der Waals surface area (Å²) in [5.74, 6) is -0.131. The van der Waals surface area contributed by atoms with Gasteiger partial charge in [0.2, 0.25) is 5.91 Å². The molecule has 100 valence electrons. The first-order chi connectivity index (χ1) is 9.16. The highest BCUT2D eigenvalue weighted by molar-refractivity contribution is 5.92. The predicted molar refractivity (Wildman–Crippen MR) is 70.9 cm³/mol. The van der Waals surface area contributed by atoms with Crippen LogP contribution in [0.1, 0.15) is 19.8 Å². The fraction of sp³-hybridized carbons (Fsp3) is 0.308. The lowest BCUT2D eigenvalue weighted by Crippen LogP contribution is -2.15. The van der Waals surface area contributed by atoms with Crippen LogP contribution < -0.4 is 5.32 Å². The molecule has 0 saturated heterocycles. The normalized spacial score (nSPS) is 12.1. The fourth-order valence-electron chi connectivity index (χ4n) is 1.66. The Bertz CT molecular complexity index is 537. The molecule has 2 rings (SSSR count). The molecule has 0 aliphatic heterocycles. The Morgan fingerprint density at radius 1 is 1.47 bits per heavy atom. The number of benzene rings is 1. The zero-order valence-corrected chi connectivity index (χ0v) is 10.7. The molecule has 6 nitrogen and oxygen atoms in total.